The van der Waals surface area contributed by atoms with Gasteiger partial charge in [-0.3, -0.25) is 4.79 Å². The third-order valence-electron chi connectivity index (χ3n) is 5.07. The second-order valence-electron chi connectivity index (χ2n) is 7.04. The quantitative estimate of drug-likeness (QED) is 0.800. The monoisotopic (exact) mass is 393 g/mol. The topological polar surface area (TPSA) is 72.3 Å². The van der Waals surface area contributed by atoms with Gasteiger partial charge in [-0.05, 0) is 44.4 Å². The van der Waals surface area contributed by atoms with Crippen LogP contribution < -0.4 is 0 Å². The highest BCUT2D eigenvalue weighted by Crippen LogP contribution is 2.34. The van der Waals surface area contributed by atoms with Crippen LogP contribution in [0.3, 0.4) is 0 Å². The summed E-state index contributed by atoms with van der Waals surface area (Å²) < 4.78 is 25.4. The molecule has 2 heterocycles. The molecule has 138 valence electrons. The zero-order valence-corrected chi connectivity index (χ0v) is 16.0. The molecule has 4 rings (SSSR count). The summed E-state index contributed by atoms with van der Waals surface area (Å²) in [5.41, 5.74) is 2.03. The maximum absolute atomic E-state index is 13.2. The molecule has 1 atom stereocenters. The molecule has 0 spiro atoms. The van der Waals surface area contributed by atoms with Crippen molar-refractivity contribution in [2.75, 3.05) is 11.5 Å². The van der Waals surface area contributed by atoms with Crippen molar-refractivity contribution in [3.8, 4) is 5.69 Å². The summed E-state index contributed by atoms with van der Waals surface area (Å²) in [4.78, 5) is 15.0. The Bertz CT molecular complexity index is 966. The smallest absolute Gasteiger partial charge is 0.257 e. The van der Waals surface area contributed by atoms with Crippen molar-refractivity contribution >= 4 is 27.3 Å². The zero-order valence-electron chi connectivity index (χ0n) is 14.4. The van der Waals surface area contributed by atoms with Gasteiger partial charge in [0.2, 0.25) is 0 Å². The molecule has 6 nitrogen and oxygen atoms in total. The third-order valence-corrected chi connectivity index (χ3v) is 7.05. The van der Waals surface area contributed by atoms with E-state index in [1.165, 1.54) is 0 Å². The molecule has 1 saturated heterocycles. The van der Waals surface area contributed by atoms with E-state index in [1.54, 1.807) is 27.9 Å². The van der Waals surface area contributed by atoms with E-state index in [0.717, 1.165) is 24.2 Å². The Kier molecular flexibility index (Phi) is 4.31. The average molecular weight is 394 g/mol. The van der Waals surface area contributed by atoms with Crippen molar-refractivity contribution < 1.29 is 13.2 Å². The summed E-state index contributed by atoms with van der Waals surface area (Å²) in [6, 6.07) is 7.20. The second kappa shape index (κ2) is 6.39. The van der Waals surface area contributed by atoms with E-state index in [9.17, 15) is 13.2 Å². The molecule has 2 aliphatic rings. The fraction of sp³-hybridized carbons (Fsp3) is 0.444. The number of hydrogen-bond acceptors (Lipinski definition) is 4. The van der Waals surface area contributed by atoms with E-state index in [2.05, 4.69) is 5.10 Å². The van der Waals surface area contributed by atoms with E-state index in [-0.39, 0.29) is 29.5 Å². The predicted octanol–water partition coefficient (Wildman–Crippen LogP) is 2.63. The third kappa shape index (κ3) is 3.25. The first kappa shape index (κ1) is 17.5. The highest BCUT2D eigenvalue weighted by atomic mass is 35.5. The van der Waals surface area contributed by atoms with Crippen molar-refractivity contribution in [3.05, 3.63) is 46.7 Å². The Morgan fingerprint density at radius 1 is 1.27 bits per heavy atom. The van der Waals surface area contributed by atoms with Gasteiger partial charge >= 0.3 is 0 Å². The Hall–Kier alpha value is -1.86. The number of halogens is 1. The highest BCUT2D eigenvalue weighted by Gasteiger charge is 2.43. The van der Waals surface area contributed by atoms with Gasteiger partial charge in [0.25, 0.3) is 5.91 Å². The van der Waals surface area contributed by atoms with Crippen LogP contribution in [0.25, 0.3) is 5.69 Å². The van der Waals surface area contributed by atoms with E-state index in [4.69, 9.17) is 11.6 Å². The minimum Gasteiger partial charge on any atom is -0.332 e. The summed E-state index contributed by atoms with van der Waals surface area (Å²) in [5.74, 6) is 0.103. The molecule has 1 amide bonds. The van der Waals surface area contributed by atoms with Gasteiger partial charge in [0.15, 0.2) is 9.84 Å². The molecular weight excluding hydrogens is 374 g/mol. The lowest BCUT2D eigenvalue weighted by Gasteiger charge is -2.28. The first-order valence-electron chi connectivity index (χ1n) is 8.69. The van der Waals surface area contributed by atoms with Crippen molar-refractivity contribution in [2.45, 2.75) is 38.3 Å². The number of hydrogen-bond donors (Lipinski definition) is 0. The van der Waals surface area contributed by atoms with Crippen molar-refractivity contribution in [2.24, 2.45) is 0 Å². The summed E-state index contributed by atoms with van der Waals surface area (Å²) in [5, 5.41) is 4.96. The molecule has 1 aromatic carbocycles. The van der Waals surface area contributed by atoms with Crippen LogP contribution in [0.5, 0.6) is 0 Å². The molecule has 1 aromatic heterocycles. The number of carbonyl (C=O) groups is 1. The summed E-state index contributed by atoms with van der Waals surface area (Å²) >= 11 is 6.06. The van der Waals surface area contributed by atoms with Crippen LogP contribution in [0.1, 0.15) is 35.3 Å². The molecule has 0 N–H and O–H groups in total. The Morgan fingerprint density at radius 3 is 2.65 bits per heavy atom. The van der Waals surface area contributed by atoms with Crippen LogP contribution in [0, 0.1) is 6.92 Å². The van der Waals surface area contributed by atoms with Gasteiger partial charge in [0.1, 0.15) is 0 Å². The van der Waals surface area contributed by atoms with E-state index < -0.39 is 9.84 Å². The predicted molar refractivity (Wildman–Crippen MR) is 99.6 cm³/mol. The Labute approximate surface area is 157 Å². The van der Waals surface area contributed by atoms with Gasteiger partial charge in [0.05, 0.1) is 34.6 Å². The van der Waals surface area contributed by atoms with Crippen LogP contribution in [0.4, 0.5) is 0 Å². The fourth-order valence-electron chi connectivity index (χ4n) is 3.60. The van der Waals surface area contributed by atoms with Gasteiger partial charge in [-0.2, -0.15) is 5.10 Å². The lowest BCUT2D eigenvalue weighted by atomic mass is 10.1. The first-order valence-corrected chi connectivity index (χ1v) is 10.9. The van der Waals surface area contributed by atoms with E-state index >= 15 is 0 Å². The Balaban J connectivity index is 1.65. The largest absolute Gasteiger partial charge is 0.332 e. The first-order chi connectivity index (χ1) is 12.4. The van der Waals surface area contributed by atoms with Gasteiger partial charge in [-0.25, -0.2) is 13.1 Å². The summed E-state index contributed by atoms with van der Waals surface area (Å²) in [6.07, 6.45) is 3.96. The van der Waals surface area contributed by atoms with Crippen LogP contribution in [0.2, 0.25) is 5.02 Å². The standard InChI is InChI=1S/C18H20ClN3O3S/c1-12-17(10-20-22(12)15-4-2-3-13(19)9-15)18(23)21(14-5-6-14)16-7-8-26(24,25)11-16/h2-4,9-10,14,16H,5-8,11H2,1H3/t16-/m1/s1. The number of rotatable bonds is 4. The van der Waals surface area contributed by atoms with Crippen LogP contribution in [-0.2, 0) is 9.84 Å². The summed E-state index contributed by atoms with van der Waals surface area (Å²) in [7, 11) is -3.04. The number of nitrogens with zero attached hydrogens (tertiary/aromatic N) is 3. The molecule has 0 unspecified atom stereocenters. The van der Waals surface area contributed by atoms with Crippen LogP contribution >= 0.6 is 11.6 Å². The molecular formula is C18H20ClN3O3S. The van der Waals surface area contributed by atoms with Crippen molar-refractivity contribution in [1.82, 2.24) is 14.7 Å². The number of benzene rings is 1. The molecule has 0 bridgehead atoms. The number of aromatic nitrogens is 2. The number of sulfone groups is 1. The molecule has 1 aliphatic heterocycles. The van der Waals surface area contributed by atoms with Gasteiger partial charge in [-0.15, -0.1) is 0 Å². The zero-order chi connectivity index (χ0) is 18.5. The van der Waals surface area contributed by atoms with Crippen LogP contribution in [0.15, 0.2) is 30.5 Å². The normalized spacial score (nSPS) is 21.7. The van der Waals surface area contributed by atoms with Gasteiger partial charge in [0, 0.05) is 17.1 Å². The Morgan fingerprint density at radius 2 is 2.04 bits per heavy atom. The molecule has 1 saturated carbocycles. The molecule has 1 aliphatic carbocycles. The maximum atomic E-state index is 13.2. The van der Waals surface area contributed by atoms with Crippen molar-refractivity contribution in [1.29, 1.82) is 0 Å². The van der Waals surface area contributed by atoms with E-state index in [0.29, 0.717) is 17.0 Å². The average Bonchev–Trinajstić information content (AvgIpc) is 3.24. The molecule has 0 radical (unpaired) electrons. The molecule has 2 fully saturated rings. The molecule has 26 heavy (non-hydrogen) atoms. The molecule has 8 heteroatoms. The highest BCUT2D eigenvalue weighted by molar-refractivity contribution is 7.91. The maximum Gasteiger partial charge on any atom is 0.257 e. The lowest BCUT2D eigenvalue weighted by molar-refractivity contribution is 0.0680. The van der Waals surface area contributed by atoms with Gasteiger partial charge < -0.3 is 4.90 Å². The van der Waals surface area contributed by atoms with E-state index in [1.807, 2.05) is 19.1 Å². The van der Waals surface area contributed by atoms with Crippen LogP contribution in [-0.4, -0.2) is 52.6 Å². The minimum atomic E-state index is -3.04. The number of carbonyl (C=O) groups excluding carboxylic acids is 1. The van der Waals surface area contributed by atoms with Gasteiger partial charge in [-0.1, -0.05) is 17.7 Å². The minimum absolute atomic E-state index is 0.0662. The SMILES string of the molecule is Cc1c(C(=O)N(C2CC2)[C@@H]2CCS(=O)(=O)C2)cnn1-c1cccc(Cl)c1. The second-order valence-corrected chi connectivity index (χ2v) is 9.70. The molecule has 2 aromatic rings. The fourth-order valence-corrected chi connectivity index (χ4v) is 5.50. The van der Waals surface area contributed by atoms with Crippen molar-refractivity contribution in [3.63, 3.8) is 0 Å². The summed E-state index contributed by atoms with van der Waals surface area (Å²) in [6.45, 7) is 1.84. The number of amides is 1. The lowest BCUT2D eigenvalue weighted by Crippen LogP contribution is -2.42.